The Morgan fingerprint density at radius 3 is 2.61 bits per heavy atom. The number of aliphatic hydroxyl groups is 1. The Morgan fingerprint density at radius 1 is 1.17 bits per heavy atom. The molecule has 0 saturated heterocycles. The molecule has 1 atom stereocenters. The zero-order valence-electron chi connectivity index (χ0n) is 10.9. The first kappa shape index (κ1) is 13.2. The first-order valence-electron chi connectivity index (χ1n) is 6.43. The van der Waals surface area contributed by atoms with E-state index in [1.807, 2.05) is 12.3 Å². The largest absolute Gasteiger partial charge is 0.388 e. The van der Waals surface area contributed by atoms with Crippen LogP contribution in [0.4, 0.5) is 0 Å². The Hall–Kier alpha value is -1.19. The monoisotopic (exact) mass is 261 g/mol. The summed E-state index contributed by atoms with van der Waals surface area (Å²) in [5, 5.41) is 10.3. The normalized spacial score (nSPS) is 12.6. The standard InChI is InChI=1S/C15H19NOS/c1-3-11-10-16-8-7-14(11)15(17)9-13-6-5-12(4-2)18-13/h5-8,10,15,17H,3-4,9H2,1-2H3. The molecule has 18 heavy (non-hydrogen) atoms. The molecular formula is C15H19NOS. The van der Waals surface area contributed by atoms with Crippen LogP contribution in [0.25, 0.3) is 0 Å². The number of rotatable bonds is 5. The molecule has 2 aromatic rings. The fourth-order valence-electron chi connectivity index (χ4n) is 2.08. The van der Waals surface area contributed by atoms with E-state index in [1.165, 1.54) is 9.75 Å². The molecule has 0 saturated carbocycles. The molecule has 0 spiro atoms. The highest BCUT2D eigenvalue weighted by Gasteiger charge is 2.13. The van der Waals surface area contributed by atoms with E-state index in [0.29, 0.717) is 6.42 Å². The molecule has 0 radical (unpaired) electrons. The molecule has 2 nitrogen and oxygen atoms in total. The Bertz CT molecular complexity index is 507. The van der Waals surface area contributed by atoms with Gasteiger partial charge in [0.1, 0.15) is 0 Å². The van der Waals surface area contributed by atoms with Gasteiger partial charge in [0.15, 0.2) is 0 Å². The van der Waals surface area contributed by atoms with Crippen molar-refractivity contribution in [2.45, 2.75) is 39.2 Å². The zero-order chi connectivity index (χ0) is 13.0. The van der Waals surface area contributed by atoms with Gasteiger partial charge < -0.3 is 5.11 Å². The van der Waals surface area contributed by atoms with Crippen LogP contribution in [0.5, 0.6) is 0 Å². The van der Waals surface area contributed by atoms with Crippen LogP contribution in [-0.4, -0.2) is 10.1 Å². The number of hydrogen-bond donors (Lipinski definition) is 1. The lowest BCUT2D eigenvalue weighted by atomic mass is 10.0. The molecule has 96 valence electrons. The number of hydrogen-bond acceptors (Lipinski definition) is 3. The summed E-state index contributed by atoms with van der Waals surface area (Å²) in [6.45, 7) is 4.25. The van der Waals surface area contributed by atoms with Crippen LogP contribution in [-0.2, 0) is 19.3 Å². The van der Waals surface area contributed by atoms with E-state index in [1.54, 1.807) is 17.5 Å². The summed E-state index contributed by atoms with van der Waals surface area (Å²) in [6.07, 6.45) is 5.85. The van der Waals surface area contributed by atoms with Crippen molar-refractivity contribution in [3.8, 4) is 0 Å². The lowest BCUT2D eigenvalue weighted by molar-refractivity contribution is 0.178. The van der Waals surface area contributed by atoms with Crippen LogP contribution in [0, 0.1) is 0 Å². The summed E-state index contributed by atoms with van der Waals surface area (Å²) >= 11 is 1.79. The molecule has 0 aromatic carbocycles. The van der Waals surface area contributed by atoms with Crippen molar-refractivity contribution in [1.29, 1.82) is 0 Å². The van der Waals surface area contributed by atoms with E-state index in [-0.39, 0.29) is 0 Å². The molecule has 2 heterocycles. The minimum absolute atomic E-state index is 0.425. The average molecular weight is 261 g/mol. The molecule has 1 N–H and O–H groups in total. The number of nitrogens with zero attached hydrogens (tertiary/aromatic N) is 1. The third kappa shape index (κ3) is 2.98. The van der Waals surface area contributed by atoms with Gasteiger partial charge in [-0.2, -0.15) is 0 Å². The van der Waals surface area contributed by atoms with E-state index in [4.69, 9.17) is 0 Å². The van der Waals surface area contributed by atoms with Crippen LogP contribution in [0.2, 0.25) is 0 Å². The predicted octanol–water partition coefficient (Wildman–Crippen LogP) is 3.54. The highest BCUT2D eigenvalue weighted by molar-refractivity contribution is 7.11. The molecule has 2 aromatic heterocycles. The van der Waals surface area contributed by atoms with E-state index in [2.05, 4.69) is 31.0 Å². The number of aliphatic hydroxyl groups excluding tert-OH is 1. The van der Waals surface area contributed by atoms with Gasteiger partial charge in [-0.15, -0.1) is 11.3 Å². The second-order valence-corrected chi connectivity index (χ2v) is 5.62. The third-order valence-corrected chi connectivity index (χ3v) is 4.39. The van der Waals surface area contributed by atoms with Crippen molar-refractivity contribution in [3.05, 3.63) is 51.5 Å². The van der Waals surface area contributed by atoms with E-state index in [9.17, 15) is 5.11 Å². The molecule has 1 unspecified atom stereocenters. The predicted molar refractivity (Wildman–Crippen MR) is 76.0 cm³/mol. The van der Waals surface area contributed by atoms with Crippen molar-refractivity contribution in [2.24, 2.45) is 0 Å². The molecule has 0 aliphatic rings. The average Bonchev–Trinajstić information content (AvgIpc) is 2.86. The first-order valence-corrected chi connectivity index (χ1v) is 7.24. The van der Waals surface area contributed by atoms with Crippen LogP contribution in [0.15, 0.2) is 30.6 Å². The van der Waals surface area contributed by atoms with Crippen molar-refractivity contribution < 1.29 is 5.11 Å². The molecular weight excluding hydrogens is 242 g/mol. The quantitative estimate of drug-likeness (QED) is 0.893. The molecule has 0 fully saturated rings. The van der Waals surface area contributed by atoms with Gasteiger partial charge in [0.05, 0.1) is 6.10 Å². The van der Waals surface area contributed by atoms with Crippen LogP contribution in [0.3, 0.4) is 0 Å². The topological polar surface area (TPSA) is 33.1 Å². The van der Waals surface area contributed by atoms with Gasteiger partial charge in [-0.25, -0.2) is 0 Å². The second-order valence-electron chi connectivity index (χ2n) is 4.37. The Balaban J connectivity index is 2.13. The molecule has 2 rings (SSSR count). The van der Waals surface area contributed by atoms with Crippen molar-refractivity contribution in [3.63, 3.8) is 0 Å². The van der Waals surface area contributed by atoms with Crippen LogP contribution in [0.1, 0.15) is 40.8 Å². The zero-order valence-corrected chi connectivity index (χ0v) is 11.7. The maximum Gasteiger partial charge on any atom is 0.0842 e. The number of aryl methyl sites for hydroxylation is 2. The van der Waals surface area contributed by atoms with Gasteiger partial charge in [0, 0.05) is 28.6 Å². The minimum Gasteiger partial charge on any atom is -0.388 e. The summed E-state index contributed by atoms with van der Waals surface area (Å²) in [5.74, 6) is 0. The summed E-state index contributed by atoms with van der Waals surface area (Å²) in [6, 6.07) is 6.21. The minimum atomic E-state index is -0.425. The summed E-state index contributed by atoms with van der Waals surface area (Å²) in [7, 11) is 0. The maximum atomic E-state index is 10.3. The van der Waals surface area contributed by atoms with Gasteiger partial charge in [0.25, 0.3) is 0 Å². The van der Waals surface area contributed by atoms with Gasteiger partial charge in [-0.3, -0.25) is 4.98 Å². The summed E-state index contributed by atoms with van der Waals surface area (Å²) in [4.78, 5) is 6.74. The second kappa shape index (κ2) is 6.12. The maximum absolute atomic E-state index is 10.3. The Kier molecular flexibility index (Phi) is 4.50. The summed E-state index contributed by atoms with van der Waals surface area (Å²) in [5.41, 5.74) is 2.15. The van der Waals surface area contributed by atoms with Crippen molar-refractivity contribution in [2.75, 3.05) is 0 Å². The molecule has 0 bridgehead atoms. The van der Waals surface area contributed by atoms with E-state index < -0.39 is 6.10 Å². The van der Waals surface area contributed by atoms with Crippen LogP contribution >= 0.6 is 11.3 Å². The first-order chi connectivity index (χ1) is 8.74. The lowest BCUT2D eigenvalue weighted by Gasteiger charge is -2.13. The van der Waals surface area contributed by atoms with Crippen molar-refractivity contribution in [1.82, 2.24) is 4.98 Å². The molecule has 0 aliphatic heterocycles. The van der Waals surface area contributed by atoms with Gasteiger partial charge in [0.2, 0.25) is 0 Å². The van der Waals surface area contributed by atoms with Gasteiger partial charge >= 0.3 is 0 Å². The highest BCUT2D eigenvalue weighted by atomic mass is 32.1. The fraction of sp³-hybridized carbons (Fsp3) is 0.400. The number of pyridine rings is 1. The molecule has 3 heteroatoms. The van der Waals surface area contributed by atoms with Gasteiger partial charge in [-0.05, 0) is 42.2 Å². The van der Waals surface area contributed by atoms with E-state index >= 15 is 0 Å². The Morgan fingerprint density at radius 2 is 1.94 bits per heavy atom. The fourth-order valence-corrected chi connectivity index (χ4v) is 3.08. The third-order valence-electron chi connectivity index (χ3n) is 3.14. The number of thiophene rings is 1. The highest BCUT2D eigenvalue weighted by Crippen LogP contribution is 2.25. The number of aromatic nitrogens is 1. The SMILES string of the molecule is CCc1ccc(CC(O)c2ccncc2CC)s1. The summed E-state index contributed by atoms with van der Waals surface area (Å²) < 4.78 is 0. The van der Waals surface area contributed by atoms with Crippen molar-refractivity contribution >= 4 is 11.3 Å². The van der Waals surface area contributed by atoms with E-state index in [0.717, 1.165) is 24.0 Å². The smallest absolute Gasteiger partial charge is 0.0842 e. The Labute approximate surface area is 112 Å². The lowest BCUT2D eigenvalue weighted by Crippen LogP contribution is -2.04. The van der Waals surface area contributed by atoms with Crippen LogP contribution < -0.4 is 0 Å². The van der Waals surface area contributed by atoms with Gasteiger partial charge in [-0.1, -0.05) is 13.8 Å². The molecule has 0 amide bonds. The molecule has 0 aliphatic carbocycles.